The van der Waals surface area contributed by atoms with Crippen molar-refractivity contribution in [2.45, 2.75) is 26.8 Å². The van der Waals surface area contributed by atoms with Crippen LogP contribution in [0, 0.1) is 19.7 Å². The minimum Gasteiger partial charge on any atom is -0.327 e. The van der Waals surface area contributed by atoms with Crippen LogP contribution in [-0.4, -0.2) is 11.9 Å². The topological polar surface area (TPSA) is 70.2 Å². The Labute approximate surface area is 161 Å². The molecule has 7 heteroatoms. The third-order valence-corrected chi connectivity index (χ3v) is 4.76. The molecule has 2 aromatic rings. The minimum atomic E-state index is -1.00. The molecule has 0 aromatic heterocycles. The molecule has 5 nitrogen and oxygen atoms in total. The number of halogens is 2. The van der Waals surface area contributed by atoms with Gasteiger partial charge in [-0.1, -0.05) is 35.4 Å². The molecule has 3 N–H and O–H groups in total. The first-order chi connectivity index (χ1) is 12.8. The van der Waals surface area contributed by atoms with Crippen LogP contribution in [0.15, 0.2) is 47.7 Å². The zero-order chi connectivity index (χ0) is 19.7. The predicted molar refractivity (Wildman–Crippen MR) is 103 cm³/mol. The van der Waals surface area contributed by atoms with Crippen LogP contribution < -0.4 is 16.0 Å². The number of benzene rings is 2. The van der Waals surface area contributed by atoms with E-state index in [1.807, 2.05) is 26.0 Å². The molecular formula is C20H19ClFN3O2. The lowest BCUT2D eigenvalue weighted by atomic mass is 9.94. The lowest BCUT2D eigenvalue weighted by Gasteiger charge is -2.29. The van der Waals surface area contributed by atoms with E-state index < -0.39 is 23.8 Å². The van der Waals surface area contributed by atoms with Crippen LogP contribution in [0.2, 0.25) is 5.02 Å². The number of nitrogens with one attached hydrogen (secondary N) is 3. The van der Waals surface area contributed by atoms with E-state index in [2.05, 4.69) is 16.0 Å². The summed E-state index contributed by atoms with van der Waals surface area (Å²) in [4.78, 5) is 24.9. The highest BCUT2D eigenvalue weighted by molar-refractivity contribution is 6.31. The van der Waals surface area contributed by atoms with E-state index in [1.165, 1.54) is 18.2 Å². The second kappa shape index (κ2) is 7.40. The Bertz CT molecular complexity index is 951. The maximum Gasteiger partial charge on any atom is 0.319 e. The van der Waals surface area contributed by atoms with Crippen LogP contribution in [0.5, 0.6) is 0 Å². The standard InChI is InChI=1S/C20H19ClFN3O2/c1-10-7-8-15(11(2)9-10)24-19(26)16-12(3)23-20(27)25-18(16)17-13(21)5-4-6-14(17)22/h4-9,18H,1-3H3,(H,24,26)(H2,23,25,27)/t18-/m0/s1. The largest absolute Gasteiger partial charge is 0.327 e. The van der Waals surface area contributed by atoms with Crippen LogP contribution in [-0.2, 0) is 4.79 Å². The number of rotatable bonds is 3. The molecule has 140 valence electrons. The summed E-state index contributed by atoms with van der Waals surface area (Å²) in [5.74, 6) is -1.05. The highest BCUT2D eigenvalue weighted by atomic mass is 35.5. The van der Waals surface area contributed by atoms with E-state index in [-0.39, 0.29) is 16.2 Å². The third-order valence-electron chi connectivity index (χ3n) is 4.43. The molecule has 0 spiro atoms. The van der Waals surface area contributed by atoms with Crippen molar-refractivity contribution in [2.24, 2.45) is 0 Å². The Kier molecular flexibility index (Phi) is 5.19. The first kappa shape index (κ1) is 18.9. The molecule has 1 aliphatic rings. The SMILES string of the molecule is CC1=C(C(=O)Nc2ccc(C)cc2C)[C@@H](c2c(F)cccc2Cl)NC(=O)N1. The van der Waals surface area contributed by atoms with Gasteiger partial charge in [0.1, 0.15) is 5.82 Å². The van der Waals surface area contributed by atoms with Crippen molar-refractivity contribution in [2.75, 3.05) is 5.32 Å². The van der Waals surface area contributed by atoms with Crippen LogP contribution in [0.4, 0.5) is 14.9 Å². The van der Waals surface area contributed by atoms with Crippen molar-refractivity contribution in [1.29, 1.82) is 0 Å². The van der Waals surface area contributed by atoms with Gasteiger partial charge in [-0.05, 0) is 44.5 Å². The Hall–Kier alpha value is -2.86. The van der Waals surface area contributed by atoms with Crippen molar-refractivity contribution in [3.8, 4) is 0 Å². The summed E-state index contributed by atoms with van der Waals surface area (Å²) in [7, 11) is 0. The Morgan fingerprint density at radius 3 is 2.59 bits per heavy atom. The summed E-state index contributed by atoms with van der Waals surface area (Å²) >= 11 is 6.17. The van der Waals surface area contributed by atoms with Gasteiger partial charge in [0.25, 0.3) is 5.91 Å². The van der Waals surface area contributed by atoms with E-state index >= 15 is 0 Å². The lowest BCUT2D eigenvalue weighted by Crippen LogP contribution is -2.46. The molecule has 0 fully saturated rings. The van der Waals surface area contributed by atoms with Gasteiger partial charge in [0, 0.05) is 22.0 Å². The van der Waals surface area contributed by atoms with E-state index in [0.717, 1.165) is 11.1 Å². The molecule has 27 heavy (non-hydrogen) atoms. The minimum absolute atomic E-state index is 0.0548. The van der Waals surface area contributed by atoms with Gasteiger partial charge in [0.05, 0.1) is 11.6 Å². The summed E-state index contributed by atoms with van der Waals surface area (Å²) in [5, 5.41) is 8.12. The van der Waals surface area contributed by atoms with E-state index in [1.54, 1.807) is 13.0 Å². The second-order valence-electron chi connectivity index (χ2n) is 6.48. The Morgan fingerprint density at radius 1 is 1.19 bits per heavy atom. The molecule has 0 unspecified atom stereocenters. The Balaban J connectivity index is 2.02. The molecule has 3 amide bonds. The summed E-state index contributed by atoms with van der Waals surface area (Å²) < 4.78 is 14.5. The van der Waals surface area contributed by atoms with Gasteiger partial charge in [0.15, 0.2) is 0 Å². The smallest absolute Gasteiger partial charge is 0.319 e. The third kappa shape index (κ3) is 3.80. The molecule has 0 bridgehead atoms. The number of anilines is 1. The molecule has 0 saturated heterocycles. The van der Waals surface area contributed by atoms with Crippen molar-refractivity contribution in [1.82, 2.24) is 10.6 Å². The molecule has 2 aromatic carbocycles. The lowest BCUT2D eigenvalue weighted by molar-refractivity contribution is -0.113. The van der Waals surface area contributed by atoms with Gasteiger partial charge < -0.3 is 16.0 Å². The number of allylic oxidation sites excluding steroid dienone is 1. The monoisotopic (exact) mass is 387 g/mol. The van der Waals surface area contributed by atoms with E-state index in [9.17, 15) is 14.0 Å². The molecule has 1 aliphatic heterocycles. The molecule has 0 radical (unpaired) electrons. The van der Waals surface area contributed by atoms with Crippen LogP contribution in [0.3, 0.4) is 0 Å². The maximum atomic E-state index is 14.5. The van der Waals surface area contributed by atoms with Gasteiger partial charge in [-0.15, -0.1) is 0 Å². The summed E-state index contributed by atoms with van der Waals surface area (Å²) in [6, 6.07) is 8.33. The molecule has 1 atom stereocenters. The quantitative estimate of drug-likeness (QED) is 0.732. The molecule has 3 rings (SSSR count). The van der Waals surface area contributed by atoms with Crippen molar-refractivity contribution in [3.63, 3.8) is 0 Å². The normalized spacial score (nSPS) is 16.6. The summed E-state index contributed by atoms with van der Waals surface area (Å²) in [6.45, 7) is 5.44. The maximum absolute atomic E-state index is 14.5. The number of hydrogen-bond acceptors (Lipinski definition) is 2. The molecule has 0 aliphatic carbocycles. The van der Waals surface area contributed by atoms with Gasteiger partial charge in [-0.2, -0.15) is 0 Å². The number of amides is 3. The number of carbonyl (C=O) groups excluding carboxylic acids is 2. The van der Waals surface area contributed by atoms with E-state index in [0.29, 0.717) is 11.4 Å². The highest BCUT2D eigenvalue weighted by Crippen LogP contribution is 2.34. The fourth-order valence-electron chi connectivity index (χ4n) is 3.14. The number of carbonyl (C=O) groups is 2. The summed E-state index contributed by atoms with van der Waals surface area (Å²) in [5.41, 5.74) is 3.20. The van der Waals surface area contributed by atoms with Gasteiger partial charge in [-0.25, -0.2) is 9.18 Å². The Morgan fingerprint density at radius 2 is 1.93 bits per heavy atom. The van der Waals surface area contributed by atoms with Gasteiger partial charge in [0.2, 0.25) is 0 Å². The van der Waals surface area contributed by atoms with Crippen LogP contribution in [0.25, 0.3) is 0 Å². The van der Waals surface area contributed by atoms with Crippen molar-refractivity contribution in [3.05, 3.63) is 75.2 Å². The van der Waals surface area contributed by atoms with Crippen LogP contribution >= 0.6 is 11.6 Å². The highest BCUT2D eigenvalue weighted by Gasteiger charge is 2.34. The fraction of sp³-hybridized carbons (Fsp3) is 0.200. The first-order valence-corrected chi connectivity index (χ1v) is 8.76. The summed E-state index contributed by atoms with van der Waals surface area (Å²) in [6.07, 6.45) is 0. The van der Waals surface area contributed by atoms with Gasteiger partial charge >= 0.3 is 6.03 Å². The average molecular weight is 388 g/mol. The van der Waals surface area contributed by atoms with Crippen molar-refractivity contribution < 1.29 is 14.0 Å². The zero-order valence-electron chi connectivity index (χ0n) is 15.1. The predicted octanol–water partition coefficient (Wildman–Crippen LogP) is 4.36. The average Bonchev–Trinajstić information content (AvgIpc) is 2.56. The van der Waals surface area contributed by atoms with Gasteiger partial charge in [-0.3, -0.25) is 4.79 Å². The number of aryl methyl sites for hydroxylation is 2. The fourth-order valence-corrected chi connectivity index (χ4v) is 3.41. The zero-order valence-corrected chi connectivity index (χ0v) is 15.9. The van der Waals surface area contributed by atoms with Crippen molar-refractivity contribution >= 4 is 29.2 Å². The number of hydrogen-bond donors (Lipinski definition) is 3. The molecule has 0 saturated carbocycles. The second-order valence-corrected chi connectivity index (χ2v) is 6.89. The molecule has 1 heterocycles. The van der Waals surface area contributed by atoms with E-state index in [4.69, 9.17) is 11.6 Å². The van der Waals surface area contributed by atoms with Crippen LogP contribution in [0.1, 0.15) is 29.7 Å². The first-order valence-electron chi connectivity index (χ1n) is 8.38. The molecular weight excluding hydrogens is 369 g/mol. The number of urea groups is 1.